The van der Waals surface area contributed by atoms with E-state index in [9.17, 15) is 23.1 Å². The van der Waals surface area contributed by atoms with E-state index in [-0.39, 0.29) is 54.3 Å². The number of sulfonamides is 1. The zero-order valence-electron chi connectivity index (χ0n) is 37.8. The number of aromatic amines is 1. The third kappa shape index (κ3) is 10.5. The molecule has 12 nitrogen and oxygen atoms in total. The number of para-hydroxylation sites is 2. The van der Waals surface area contributed by atoms with Crippen molar-refractivity contribution in [3.8, 4) is 11.1 Å². The summed E-state index contributed by atoms with van der Waals surface area (Å²) in [6.45, 7) is 6.56. The van der Waals surface area contributed by atoms with E-state index in [4.69, 9.17) is 9.47 Å². The number of amides is 1. The Balaban J connectivity index is 0.902. The van der Waals surface area contributed by atoms with Crippen molar-refractivity contribution in [1.82, 2.24) is 24.5 Å². The number of hydrogen-bond acceptors (Lipinski definition) is 8. The van der Waals surface area contributed by atoms with Crippen molar-refractivity contribution < 1.29 is 27.8 Å². The van der Waals surface area contributed by atoms with Crippen LogP contribution in [0.15, 0.2) is 161 Å². The van der Waals surface area contributed by atoms with Crippen LogP contribution in [0.2, 0.25) is 0 Å². The molecule has 2 aliphatic rings. The number of imidazole rings is 1. The van der Waals surface area contributed by atoms with Crippen LogP contribution in [0, 0.1) is 12.8 Å². The Morgan fingerprint density at radius 3 is 2.19 bits per heavy atom. The van der Waals surface area contributed by atoms with Gasteiger partial charge in [-0.2, -0.15) is 4.72 Å². The molecule has 0 radical (unpaired) electrons. The Labute approximate surface area is 391 Å². The fraction of sp³-hybridized carbons (Fsp3) is 0.296. The van der Waals surface area contributed by atoms with Crippen LogP contribution in [0.1, 0.15) is 71.6 Å². The van der Waals surface area contributed by atoms with Gasteiger partial charge in [0.05, 0.1) is 34.7 Å². The SMILES string of the molecule is Cc1ccc(S(=O)(=O)NC(Cc2ccccc2)C(=O)NCc2ccccc2-c2ccc(C3OC(CN4CCC(n5c(=O)[nH]c6ccccc65)CC4)C(C)C(c4ccc(CO)cc4)O3)cc2)cc1. The van der Waals surface area contributed by atoms with Crippen molar-refractivity contribution in [3.05, 3.63) is 196 Å². The van der Waals surface area contributed by atoms with Crippen molar-refractivity contribution in [1.29, 1.82) is 0 Å². The van der Waals surface area contributed by atoms with E-state index < -0.39 is 28.3 Å². The number of benzene rings is 6. The highest BCUT2D eigenvalue weighted by molar-refractivity contribution is 7.89. The fourth-order valence-electron chi connectivity index (χ4n) is 9.47. The molecule has 5 atom stereocenters. The third-order valence-electron chi connectivity index (χ3n) is 13.3. The zero-order chi connectivity index (χ0) is 46.5. The number of aliphatic hydroxyl groups excluding tert-OH is 1. The molecular formula is C54H57N5O7S. The summed E-state index contributed by atoms with van der Waals surface area (Å²) in [7, 11) is -4.00. The largest absolute Gasteiger partial charge is 0.392 e. The van der Waals surface area contributed by atoms with Gasteiger partial charge in [-0.1, -0.05) is 140 Å². The smallest absolute Gasteiger partial charge is 0.326 e. The van der Waals surface area contributed by atoms with Crippen molar-refractivity contribution >= 4 is 27.0 Å². The van der Waals surface area contributed by atoms with E-state index in [1.54, 1.807) is 24.3 Å². The first kappa shape index (κ1) is 45.9. The minimum absolute atomic E-state index is 0.0109. The first-order valence-electron chi connectivity index (χ1n) is 23.0. The average Bonchev–Trinajstić information content (AvgIpc) is 3.70. The number of piperidine rings is 1. The summed E-state index contributed by atoms with van der Waals surface area (Å²) in [5, 5.41) is 12.8. The highest BCUT2D eigenvalue weighted by atomic mass is 32.2. The molecule has 4 N–H and O–H groups in total. The molecule has 13 heteroatoms. The van der Waals surface area contributed by atoms with Gasteiger partial charge in [-0.15, -0.1) is 0 Å². The van der Waals surface area contributed by atoms with Crippen molar-refractivity contribution in [2.24, 2.45) is 5.92 Å². The standard InChI is InChI=1S/C54H57N5O7S/c1-36-16-26-45(27-17-36)67(63,64)57-48(32-38-10-4-3-5-11-38)52(61)55-33-43-12-6-7-13-46(43)40-22-24-42(25-23-40)53-65-50(37(2)51(66-53)41-20-18-39(35-60)19-21-41)34-58-30-28-44(29-31-58)59-49-15-9-8-14-47(49)56-54(59)62/h3-27,37,44,48,50-51,53,57,60H,28-35H2,1-2H3,(H,55,61)(H,56,62). The molecule has 1 amide bonds. The van der Waals surface area contributed by atoms with Crippen LogP contribution >= 0.6 is 0 Å². The molecule has 6 aromatic carbocycles. The van der Waals surface area contributed by atoms with Crippen LogP contribution < -0.4 is 15.7 Å². The highest BCUT2D eigenvalue weighted by Crippen LogP contribution is 2.42. The van der Waals surface area contributed by atoms with E-state index >= 15 is 0 Å². The summed E-state index contributed by atoms with van der Waals surface area (Å²) >= 11 is 0. The van der Waals surface area contributed by atoms with Crippen LogP contribution in [0.5, 0.6) is 0 Å². The van der Waals surface area contributed by atoms with Gasteiger partial charge in [0.25, 0.3) is 0 Å². The summed E-state index contributed by atoms with van der Waals surface area (Å²) in [6.07, 6.45) is 0.790. The maximum atomic E-state index is 13.9. The first-order chi connectivity index (χ1) is 32.5. The van der Waals surface area contributed by atoms with E-state index in [2.05, 4.69) is 26.8 Å². The Hall–Kier alpha value is -6.19. The molecular weight excluding hydrogens is 863 g/mol. The lowest BCUT2D eigenvalue weighted by Gasteiger charge is -2.44. The molecule has 0 saturated carbocycles. The van der Waals surface area contributed by atoms with Gasteiger partial charge in [0, 0.05) is 43.7 Å². The van der Waals surface area contributed by atoms with Gasteiger partial charge in [0.2, 0.25) is 15.9 Å². The second-order valence-electron chi connectivity index (χ2n) is 17.8. The highest BCUT2D eigenvalue weighted by Gasteiger charge is 2.40. The Morgan fingerprint density at radius 2 is 1.46 bits per heavy atom. The molecule has 1 aromatic heterocycles. The van der Waals surface area contributed by atoms with Gasteiger partial charge in [-0.25, -0.2) is 13.2 Å². The number of nitrogens with zero attached hydrogens (tertiary/aromatic N) is 2. The molecule has 2 fully saturated rings. The summed E-state index contributed by atoms with van der Waals surface area (Å²) < 4.78 is 45.3. The number of hydrogen-bond donors (Lipinski definition) is 4. The summed E-state index contributed by atoms with van der Waals surface area (Å²) in [5.41, 5.74) is 8.93. The molecule has 346 valence electrons. The van der Waals surface area contributed by atoms with Crippen LogP contribution in [0.25, 0.3) is 22.2 Å². The number of carbonyl (C=O) groups excluding carboxylic acids is 1. The van der Waals surface area contributed by atoms with Crippen LogP contribution in [-0.2, 0) is 43.9 Å². The van der Waals surface area contributed by atoms with Crippen LogP contribution in [0.3, 0.4) is 0 Å². The molecule has 9 rings (SSSR count). The maximum Gasteiger partial charge on any atom is 0.326 e. The average molecular weight is 920 g/mol. The number of rotatable bonds is 15. The summed E-state index contributed by atoms with van der Waals surface area (Å²) in [5.74, 6) is -0.425. The van der Waals surface area contributed by atoms with Gasteiger partial charge < -0.3 is 29.8 Å². The van der Waals surface area contributed by atoms with Crippen molar-refractivity contribution in [3.63, 3.8) is 0 Å². The van der Waals surface area contributed by atoms with Gasteiger partial charge in [0.15, 0.2) is 6.29 Å². The quantitative estimate of drug-likeness (QED) is 0.0804. The van der Waals surface area contributed by atoms with Crippen molar-refractivity contribution in [2.75, 3.05) is 19.6 Å². The minimum Gasteiger partial charge on any atom is -0.392 e. The lowest BCUT2D eigenvalue weighted by atomic mass is 9.89. The molecule has 67 heavy (non-hydrogen) atoms. The maximum absolute atomic E-state index is 13.9. The Bertz CT molecular complexity index is 2950. The van der Waals surface area contributed by atoms with E-state index in [1.165, 1.54) is 0 Å². The summed E-state index contributed by atoms with van der Waals surface area (Å²) in [4.78, 5) is 32.5. The van der Waals surface area contributed by atoms with E-state index in [0.29, 0.717) is 6.54 Å². The van der Waals surface area contributed by atoms with Crippen LogP contribution in [-0.4, -0.2) is 65.7 Å². The second-order valence-corrected chi connectivity index (χ2v) is 19.6. The van der Waals surface area contributed by atoms with E-state index in [1.807, 2.05) is 139 Å². The molecule has 3 heterocycles. The number of aryl methyl sites for hydroxylation is 1. The fourth-order valence-corrected chi connectivity index (χ4v) is 10.7. The molecule has 0 aliphatic carbocycles. The number of aliphatic hydroxyl groups is 1. The molecule has 7 aromatic rings. The van der Waals surface area contributed by atoms with Gasteiger partial charge >= 0.3 is 5.69 Å². The number of nitrogens with one attached hydrogen (secondary N) is 3. The number of ether oxygens (including phenoxy) is 2. The number of aromatic nitrogens is 2. The predicted molar refractivity (Wildman–Crippen MR) is 259 cm³/mol. The van der Waals surface area contributed by atoms with Crippen LogP contribution in [0.4, 0.5) is 0 Å². The number of likely N-dealkylation sites (tertiary alicyclic amines) is 1. The Kier molecular flexibility index (Phi) is 14.0. The molecule has 2 saturated heterocycles. The van der Waals surface area contributed by atoms with Gasteiger partial charge in [-0.3, -0.25) is 9.36 Å². The first-order valence-corrected chi connectivity index (χ1v) is 24.5. The lowest BCUT2D eigenvalue weighted by Crippen LogP contribution is -2.47. The normalized spacial score (nSPS) is 19.9. The van der Waals surface area contributed by atoms with Gasteiger partial charge in [-0.05, 0) is 83.8 Å². The second kappa shape index (κ2) is 20.4. The number of H-pyrrole nitrogens is 1. The molecule has 0 spiro atoms. The summed E-state index contributed by atoms with van der Waals surface area (Å²) in [6, 6.07) is 46.7. The lowest BCUT2D eigenvalue weighted by molar-refractivity contribution is -0.276. The Morgan fingerprint density at radius 1 is 0.791 bits per heavy atom. The molecule has 0 bridgehead atoms. The number of carbonyl (C=O) groups is 1. The predicted octanol–water partition coefficient (Wildman–Crippen LogP) is 8.13. The molecule has 5 unspecified atom stereocenters. The van der Waals surface area contributed by atoms with Gasteiger partial charge in [0.1, 0.15) is 6.04 Å². The zero-order valence-corrected chi connectivity index (χ0v) is 38.6. The molecule has 2 aliphatic heterocycles. The number of fused-ring (bicyclic) bond motifs is 1. The monoisotopic (exact) mass is 919 g/mol. The van der Waals surface area contributed by atoms with Crippen molar-refractivity contribution in [2.45, 2.75) is 81.7 Å². The topological polar surface area (TPSA) is 155 Å². The van der Waals surface area contributed by atoms with E-state index in [0.717, 1.165) is 81.5 Å². The third-order valence-corrected chi connectivity index (χ3v) is 14.8. The minimum atomic E-state index is -4.00.